The van der Waals surface area contributed by atoms with E-state index in [0.717, 1.165) is 64.6 Å². The maximum Gasteiger partial charge on any atom is 0.251 e. The Labute approximate surface area is 151 Å². The molecule has 0 aromatic carbocycles. The summed E-state index contributed by atoms with van der Waals surface area (Å²) in [5.74, 6) is 1.71. The molecule has 0 aromatic rings. The van der Waals surface area contributed by atoms with Crippen molar-refractivity contribution in [3.05, 3.63) is 0 Å². The quantitative estimate of drug-likeness (QED) is 0.419. The van der Waals surface area contributed by atoms with E-state index in [1.807, 2.05) is 4.90 Å². The van der Waals surface area contributed by atoms with Crippen molar-refractivity contribution in [3.63, 3.8) is 0 Å². The van der Waals surface area contributed by atoms with E-state index in [1.165, 1.54) is 0 Å². The summed E-state index contributed by atoms with van der Waals surface area (Å²) in [6, 6.07) is 0. The number of rotatable bonds is 7. The van der Waals surface area contributed by atoms with E-state index in [1.54, 1.807) is 7.05 Å². The number of piperazine rings is 1. The lowest BCUT2D eigenvalue weighted by molar-refractivity contribution is -0.142. The Kier molecular flexibility index (Phi) is 8.48. The number of carbonyl (C=O) groups excluding carboxylic acids is 1. The van der Waals surface area contributed by atoms with Crippen molar-refractivity contribution < 1.29 is 14.3 Å². The van der Waals surface area contributed by atoms with Gasteiger partial charge in [0, 0.05) is 53.0 Å². The smallest absolute Gasteiger partial charge is 0.251 e. The van der Waals surface area contributed by atoms with Gasteiger partial charge in [-0.05, 0) is 25.2 Å². The van der Waals surface area contributed by atoms with Crippen molar-refractivity contribution in [1.82, 2.24) is 15.1 Å². The van der Waals surface area contributed by atoms with Crippen LogP contribution in [0.5, 0.6) is 0 Å². The summed E-state index contributed by atoms with van der Waals surface area (Å²) in [6.45, 7) is 10.4. The molecule has 0 aromatic heterocycles. The van der Waals surface area contributed by atoms with Crippen LogP contribution in [-0.2, 0) is 14.3 Å². The minimum Gasteiger partial charge on any atom is -0.380 e. The third-order valence-corrected chi connectivity index (χ3v) is 4.68. The fourth-order valence-corrected chi connectivity index (χ4v) is 3.10. The highest BCUT2D eigenvalue weighted by molar-refractivity contribution is 5.82. The van der Waals surface area contributed by atoms with Crippen LogP contribution in [0.2, 0.25) is 0 Å². The third kappa shape index (κ3) is 6.47. The van der Waals surface area contributed by atoms with Gasteiger partial charge in [0.2, 0.25) is 0 Å². The van der Waals surface area contributed by atoms with Gasteiger partial charge < -0.3 is 24.6 Å². The molecule has 1 N–H and O–H groups in total. The van der Waals surface area contributed by atoms with Gasteiger partial charge >= 0.3 is 0 Å². The molecule has 2 aliphatic rings. The molecule has 2 fully saturated rings. The second-order valence-corrected chi connectivity index (χ2v) is 7.08. The first kappa shape index (κ1) is 20.0. The first-order valence-electron chi connectivity index (χ1n) is 9.55. The molecule has 25 heavy (non-hydrogen) atoms. The second-order valence-electron chi connectivity index (χ2n) is 7.08. The molecule has 0 radical (unpaired) electrons. The first-order valence-corrected chi connectivity index (χ1v) is 9.55. The fourth-order valence-electron chi connectivity index (χ4n) is 3.10. The third-order valence-electron chi connectivity index (χ3n) is 4.68. The van der Waals surface area contributed by atoms with Gasteiger partial charge in [0.25, 0.3) is 5.91 Å². The van der Waals surface area contributed by atoms with E-state index in [4.69, 9.17) is 9.47 Å². The minimum atomic E-state index is -0.216. The lowest BCUT2D eigenvalue weighted by Crippen LogP contribution is -2.55. The average Bonchev–Trinajstić information content (AvgIpc) is 3.15. The summed E-state index contributed by atoms with van der Waals surface area (Å²) in [5, 5.41) is 3.35. The van der Waals surface area contributed by atoms with Crippen molar-refractivity contribution in [2.24, 2.45) is 10.9 Å². The standard InChI is InChI=1S/C18H34N4O3/c1-15(2)6-13-24-14-7-20-18(19-3)22-10-8-21(9-11-22)17(23)16-5-4-12-25-16/h15-16H,4-14H2,1-3H3,(H,19,20). The predicted molar refractivity (Wildman–Crippen MR) is 98.8 cm³/mol. The molecule has 1 unspecified atom stereocenters. The van der Waals surface area contributed by atoms with Gasteiger partial charge in [0.05, 0.1) is 6.61 Å². The molecule has 0 bridgehead atoms. The van der Waals surface area contributed by atoms with Crippen LogP contribution in [0.25, 0.3) is 0 Å². The Hall–Kier alpha value is -1.34. The topological polar surface area (TPSA) is 66.4 Å². The molecular weight excluding hydrogens is 320 g/mol. The molecule has 0 spiro atoms. The van der Waals surface area contributed by atoms with Crippen molar-refractivity contribution in [3.8, 4) is 0 Å². The fraction of sp³-hybridized carbons (Fsp3) is 0.889. The second kappa shape index (κ2) is 10.6. The number of aliphatic imine (C=N–C) groups is 1. The van der Waals surface area contributed by atoms with Crippen molar-refractivity contribution in [2.45, 2.75) is 39.2 Å². The number of carbonyl (C=O) groups is 1. The minimum absolute atomic E-state index is 0.152. The van der Waals surface area contributed by atoms with Crippen LogP contribution in [0.3, 0.4) is 0 Å². The zero-order valence-corrected chi connectivity index (χ0v) is 16.0. The lowest BCUT2D eigenvalue weighted by atomic mass is 10.1. The van der Waals surface area contributed by atoms with E-state index < -0.39 is 0 Å². The van der Waals surface area contributed by atoms with Crippen LogP contribution in [0, 0.1) is 5.92 Å². The zero-order chi connectivity index (χ0) is 18.1. The molecule has 0 saturated carbocycles. The maximum atomic E-state index is 12.4. The molecule has 2 aliphatic heterocycles. The first-order chi connectivity index (χ1) is 12.1. The molecule has 2 heterocycles. The molecule has 1 atom stereocenters. The number of hydrogen-bond donors (Lipinski definition) is 1. The molecule has 2 saturated heterocycles. The Morgan fingerprint density at radius 2 is 1.96 bits per heavy atom. The summed E-state index contributed by atoms with van der Waals surface area (Å²) >= 11 is 0. The van der Waals surface area contributed by atoms with Crippen LogP contribution in [-0.4, -0.2) is 87.4 Å². The van der Waals surface area contributed by atoms with Crippen LogP contribution < -0.4 is 5.32 Å². The Bertz CT molecular complexity index is 428. The number of nitrogens with zero attached hydrogens (tertiary/aromatic N) is 3. The molecule has 7 heteroatoms. The van der Waals surface area contributed by atoms with Crippen molar-refractivity contribution in [1.29, 1.82) is 0 Å². The monoisotopic (exact) mass is 354 g/mol. The molecule has 7 nitrogen and oxygen atoms in total. The predicted octanol–water partition coefficient (Wildman–Crippen LogP) is 0.948. The Morgan fingerprint density at radius 1 is 1.24 bits per heavy atom. The number of ether oxygens (including phenoxy) is 2. The van der Waals surface area contributed by atoms with Crippen LogP contribution in [0.4, 0.5) is 0 Å². The van der Waals surface area contributed by atoms with E-state index in [2.05, 4.69) is 29.1 Å². The SMILES string of the molecule is CN=C(NCCOCCC(C)C)N1CCN(C(=O)C2CCCO2)CC1. The summed E-state index contributed by atoms with van der Waals surface area (Å²) in [4.78, 5) is 20.9. The summed E-state index contributed by atoms with van der Waals surface area (Å²) in [5.41, 5.74) is 0. The van der Waals surface area contributed by atoms with Gasteiger partial charge in [-0.1, -0.05) is 13.8 Å². The highest BCUT2D eigenvalue weighted by atomic mass is 16.5. The van der Waals surface area contributed by atoms with Gasteiger partial charge in [0.1, 0.15) is 6.10 Å². The molecule has 2 rings (SSSR count). The molecule has 1 amide bonds. The summed E-state index contributed by atoms with van der Waals surface area (Å²) in [7, 11) is 1.80. The normalized spacial score (nSPS) is 21.9. The number of amides is 1. The van der Waals surface area contributed by atoms with Gasteiger partial charge in [0.15, 0.2) is 5.96 Å². The maximum absolute atomic E-state index is 12.4. The van der Waals surface area contributed by atoms with E-state index >= 15 is 0 Å². The van der Waals surface area contributed by atoms with Gasteiger partial charge in [-0.15, -0.1) is 0 Å². The van der Waals surface area contributed by atoms with E-state index in [9.17, 15) is 4.79 Å². The van der Waals surface area contributed by atoms with Crippen LogP contribution in [0.15, 0.2) is 4.99 Å². The highest BCUT2D eigenvalue weighted by Gasteiger charge is 2.30. The Morgan fingerprint density at radius 3 is 2.56 bits per heavy atom. The molecule has 144 valence electrons. The zero-order valence-electron chi connectivity index (χ0n) is 16.0. The number of nitrogens with one attached hydrogen (secondary N) is 1. The number of guanidine groups is 1. The van der Waals surface area contributed by atoms with Gasteiger partial charge in [-0.3, -0.25) is 9.79 Å². The van der Waals surface area contributed by atoms with Gasteiger partial charge in [-0.25, -0.2) is 0 Å². The molecule has 0 aliphatic carbocycles. The highest BCUT2D eigenvalue weighted by Crippen LogP contribution is 2.16. The molecular formula is C18H34N4O3. The van der Waals surface area contributed by atoms with E-state index in [0.29, 0.717) is 19.1 Å². The number of hydrogen-bond acceptors (Lipinski definition) is 4. The van der Waals surface area contributed by atoms with Crippen LogP contribution >= 0.6 is 0 Å². The summed E-state index contributed by atoms with van der Waals surface area (Å²) < 4.78 is 11.1. The van der Waals surface area contributed by atoms with Gasteiger partial charge in [-0.2, -0.15) is 0 Å². The largest absolute Gasteiger partial charge is 0.380 e. The van der Waals surface area contributed by atoms with Crippen LogP contribution in [0.1, 0.15) is 33.1 Å². The van der Waals surface area contributed by atoms with E-state index in [-0.39, 0.29) is 12.0 Å². The van der Waals surface area contributed by atoms with Crippen molar-refractivity contribution in [2.75, 3.05) is 59.6 Å². The van der Waals surface area contributed by atoms with Crippen molar-refractivity contribution >= 4 is 11.9 Å². The Balaban J connectivity index is 1.64. The average molecular weight is 354 g/mol. The summed E-state index contributed by atoms with van der Waals surface area (Å²) in [6.07, 6.45) is 2.73. The lowest BCUT2D eigenvalue weighted by Gasteiger charge is -2.37.